The van der Waals surface area contributed by atoms with Crippen LogP contribution in [-0.2, 0) is 14.3 Å². The lowest BCUT2D eigenvalue weighted by Crippen LogP contribution is -2.03. The van der Waals surface area contributed by atoms with Crippen LogP contribution in [-0.4, -0.2) is 17.0 Å². The number of rotatable bonds is 22. The Kier molecular flexibility index (Phi) is 26.9. The van der Waals surface area contributed by atoms with E-state index in [1.807, 2.05) is 0 Å². The highest BCUT2D eigenvalue weighted by Gasteiger charge is 2.08. The van der Waals surface area contributed by atoms with Crippen molar-refractivity contribution in [3.8, 4) is 0 Å². The number of hydrogen-bond donors (Lipinski definition) is 1. The van der Waals surface area contributed by atoms with Gasteiger partial charge in [0.1, 0.15) is 0 Å². The van der Waals surface area contributed by atoms with Crippen LogP contribution < -0.4 is 0 Å². The van der Waals surface area contributed by atoms with Crippen LogP contribution in [0.3, 0.4) is 0 Å². The van der Waals surface area contributed by atoms with Crippen molar-refractivity contribution in [2.24, 2.45) is 5.41 Å². The third-order valence-electron chi connectivity index (χ3n) is 6.07. The van der Waals surface area contributed by atoms with Gasteiger partial charge in [-0.15, -0.1) is 0 Å². The lowest BCUT2D eigenvalue weighted by atomic mass is 9.89. The molecule has 0 atom stereocenters. The fourth-order valence-corrected chi connectivity index (χ4v) is 4.05. The summed E-state index contributed by atoms with van der Waals surface area (Å²) in [5.74, 6) is -0.980. The number of esters is 1. The zero-order valence-electron chi connectivity index (χ0n) is 23.3. The Morgan fingerprint density at radius 3 is 1.15 bits per heavy atom. The van der Waals surface area contributed by atoms with Crippen LogP contribution >= 0.6 is 0 Å². The summed E-state index contributed by atoms with van der Waals surface area (Å²) in [4.78, 5) is 20.2. The highest BCUT2D eigenvalue weighted by Crippen LogP contribution is 2.22. The van der Waals surface area contributed by atoms with Crippen molar-refractivity contribution < 1.29 is 19.4 Å². The summed E-state index contributed by atoms with van der Waals surface area (Å²) in [6, 6.07) is 0. The van der Waals surface area contributed by atoms with E-state index in [4.69, 9.17) is 5.11 Å². The van der Waals surface area contributed by atoms with E-state index in [2.05, 4.69) is 32.1 Å². The van der Waals surface area contributed by atoms with Crippen molar-refractivity contribution >= 4 is 11.9 Å². The van der Waals surface area contributed by atoms with Gasteiger partial charge in [-0.1, -0.05) is 143 Å². The first-order chi connectivity index (χ1) is 16.2. The number of ether oxygens (including phenoxy) is 1. The highest BCUT2D eigenvalue weighted by atomic mass is 16.5. The molecule has 34 heavy (non-hydrogen) atoms. The van der Waals surface area contributed by atoms with Gasteiger partial charge < -0.3 is 9.84 Å². The van der Waals surface area contributed by atoms with Crippen LogP contribution in [0.4, 0.5) is 0 Å². The van der Waals surface area contributed by atoms with E-state index in [0.29, 0.717) is 11.8 Å². The minimum absolute atomic E-state index is 0.329. The van der Waals surface area contributed by atoms with Gasteiger partial charge in [-0.25, -0.2) is 0 Å². The van der Waals surface area contributed by atoms with Crippen LogP contribution in [0, 0.1) is 5.41 Å². The summed E-state index contributed by atoms with van der Waals surface area (Å²) in [6.07, 6.45) is 28.6. The van der Waals surface area contributed by atoms with Crippen LogP contribution in [0.15, 0.2) is 12.8 Å². The summed E-state index contributed by atoms with van der Waals surface area (Å²) in [7, 11) is 0. The van der Waals surface area contributed by atoms with Gasteiger partial charge in [0.2, 0.25) is 0 Å². The second kappa shape index (κ2) is 26.3. The molecule has 0 spiro atoms. The molecule has 0 fully saturated rings. The molecule has 202 valence electrons. The molecule has 0 aliphatic carbocycles. The SMILES string of the molecule is C=COC(C)=O.CC(C)(C)CCCCCCCCCCCCCCCCCCCCCC(=O)O. The summed E-state index contributed by atoms with van der Waals surface area (Å²) in [5, 5.41) is 8.59. The normalized spacial score (nSPS) is 10.9. The first kappa shape index (κ1) is 34.8. The van der Waals surface area contributed by atoms with Gasteiger partial charge in [0.05, 0.1) is 6.26 Å². The quantitative estimate of drug-likeness (QED) is 0.0947. The van der Waals surface area contributed by atoms with E-state index in [-0.39, 0.29) is 5.97 Å². The van der Waals surface area contributed by atoms with Crippen molar-refractivity contribution in [2.45, 2.75) is 163 Å². The van der Waals surface area contributed by atoms with Crippen molar-refractivity contribution in [3.63, 3.8) is 0 Å². The van der Waals surface area contributed by atoms with Crippen LogP contribution in [0.5, 0.6) is 0 Å². The molecule has 0 aliphatic rings. The Morgan fingerprint density at radius 1 is 0.647 bits per heavy atom. The minimum Gasteiger partial charge on any atom is -0.481 e. The fourth-order valence-electron chi connectivity index (χ4n) is 4.05. The van der Waals surface area contributed by atoms with E-state index in [0.717, 1.165) is 19.1 Å². The molecule has 0 heterocycles. The summed E-state index contributed by atoms with van der Waals surface area (Å²) in [6.45, 7) is 11.5. The first-order valence-corrected chi connectivity index (χ1v) is 14.2. The zero-order chi connectivity index (χ0) is 25.9. The highest BCUT2D eigenvalue weighted by molar-refractivity contribution is 5.66. The molecule has 0 saturated heterocycles. The molecule has 4 heteroatoms. The smallest absolute Gasteiger partial charge is 0.307 e. The number of carbonyl (C=O) groups excluding carboxylic acids is 1. The molecule has 0 aromatic carbocycles. The van der Waals surface area contributed by atoms with Crippen molar-refractivity contribution in [2.75, 3.05) is 0 Å². The van der Waals surface area contributed by atoms with Crippen LogP contribution in [0.1, 0.15) is 163 Å². The molecule has 0 radical (unpaired) electrons. The van der Waals surface area contributed by atoms with Crippen LogP contribution in [0.2, 0.25) is 0 Å². The van der Waals surface area contributed by atoms with Crippen molar-refractivity contribution in [3.05, 3.63) is 12.8 Å². The molecule has 0 aliphatic heterocycles. The van der Waals surface area contributed by atoms with Gasteiger partial charge >= 0.3 is 11.9 Å². The standard InChI is InChI=1S/C26H52O2.C4H6O2/c1-26(2,3)24-22-20-18-16-14-12-10-8-6-4-5-7-9-11-13-15-17-19-21-23-25(27)28;1-3-6-4(2)5/h4-24H2,1-3H3,(H,27,28);3H,1H2,2H3. The predicted molar refractivity (Wildman–Crippen MR) is 146 cm³/mol. The molecule has 0 amide bonds. The second-order valence-corrected chi connectivity index (χ2v) is 10.9. The van der Waals surface area contributed by atoms with Gasteiger partial charge in [0.15, 0.2) is 0 Å². The van der Waals surface area contributed by atoms with Crippen LogP contribution in [0.25, 0.3) is 0 Å². The molecule has 4 nitrogen and oxygen atoms in total. The lowest BCUT2D eigenvalue weighted by Gasteiger charge is -2.17. The largest absolute Gasteiger partial charge is 0.481 e. The lowest BCUT2D eigenvalue weighted by molar-refractivity contribution is -0.137. The maximum absolute atomic E-state index is 10.4. The van der Waals surface area contributed by atoms with Crippen molar-refractivity contribution in [1.29, 1.82) is 0 Å². The molecule has 0 aromatic heterocycles. The van der Waals surface area contributed by atoms with Gasteiger partial charge in [0.25, 0.3) is 0 Å². The summed E-state index contributed by atoms with van der Waals surface area (Å²) in [5.41, 5.74) is 0.518. The maximum atomic E-state index is 10.4. The number of carbonyl (C=O) groups is 2. The average Bonchev–Trinajstić information content (AvgIpc) is 2.74. The van der Waals surface area contributed by atoms with Gasteiger partial charge in [-0.05, 0) is 18.3 Å². The van der Waals surface area contributed by atoms with E-state index in [1.165, 1.54) is 122 Å². The molecule has 0 unspecified atom stereocenters. The predicted octanol–water partition coefficient (Wildman–Crippen LogP) is 10.0. The minimum atomic E-state index is -0.651. The Labute approximate surface area is 212 Å². The summed E-state index contributed by atoms with van der Waals surface area (Å²) >= 11 is 0. The number of aliphatic carboxylic acids is 1. The second-order valence-electron chi connectivity index (χ2n) is 10.9. The first-order valence-electron chi connectivity index (χ1n) is 14.2. The molecule has 1 N–H and O–H groups in total. The van der Waals surface area contributed by atoms with Gasteiger partial charge in [0, 0.05) is 13.3 Å². The van der Waals surface area contributed by atoms with Gasteiger partial charge in [-0.2, -0.15) is 0 Å². The van der Waals surface area contributed by atoms with Gasteiger partial charge in [-0.3, -0.25) is 9.59 Å². The third-order valence-corrected chi connectivity index (χ3v) is 6.07. The maximum Gasteiger partial charge on any atom is 0.307 e. The van der Waals surface area contributed by atoms with E-state index in [9.17, 15) is 9.59 Å². The third kappa shape index (κ3) is 38.0. The average molecular weight is 483 g/mol. The Bertz CT molecular complexity index is 465. The van der Waals surface area contributed by atoms with E-state index >= 15 is 0 Å². The molecular weight excluding hydrogens is 424 g/mol. The molecule has 0 rings (SSSR count). The number of carboxylic acid groups (broad SMARTS) is 1. The molecular formula is C30H58O4. The molecule has 0 saturated carbocycles. The molecule has 0 bridgehead atoms. The summed E-state index contributed by atoms with van der Waals surface area (Å²) < 4.78 is 4.17. The zero-order valence-corrected chi connectivity index (χ0v) is 23.3. The number of hydrogen-bond acceptors (Lipinski definition) is 3. The monoisotopic (exact) mass is 482 g/mol. The molecule has 0 aromatic rings. The van der Waals surface area contributed by atoms with E-state index in [1.54, 1.807) is 0 Å². The number of unbranched alkanes of at least 4 members (excludes halogenated alkanes) is 18. The topological polar surface area (TPSA) is 63.6 Å². The Morgan fingerprint density at radius 2 is 0.941 bits per heavy atom. The number of carboxylic acids is 1. The Hall–Kier alpha value is -1.32. The van der Waals surface area contributed by atoms with E-state index < -0.39 is 5.97 Å². The Balaban J connectivity index is 0. The van der Waals surface area contributed by atoms with Crippen molar-refractivity contribution in [1.82, 2.24) is 0 Å². The fraction of sp³-hybridized carbons (Fsp3) is 0.867.